The molecule has 1 heterocycles. The van der Waals surface area contributed by atoms with Gasteiger partial charge in [-0.1, -0.05) is 17.3 Å². The number of nitrogens with zero attached hydrogens (tertiary/aromatic N) is 2. The zero-order valence-corrected chi connectivity index (χ0v) is 9.94. The highest BCUT2D eigenvalue weighted by Gasteiger charge is 2.12. The highest BCUT2D eigenvalue weighted by Crippen LogP contribution is 2.19. The molecule has 1 aromatic heterocycles. The van der Waals surface area contributed by atoms with Gasteiger partial charge < -0.3 is 9.26 Å². The second-order valence-electron chi connectivity index (χ2n) is 3.70. The second-order valence-corrected chi connectivity index (χ2v) is 3.70. The van der Waals surface area contributed by atoms with Gasteiger partial charge in [0.05, 0.1) is 13.5 Å². The monoisotopic (exact) mass is 250 g/mol. The number of carbonyl (C=O) groups excluding carboxylic acids is 1. The van der Waals surface area contributed by atoms with Crippen LogP contribution in [0.2, 0.25) is 0 Å². The van der Waals surface area contributed by atoms with Gasteiger partial charge in [-0.15, -0.1) is 0 Å². The van der Waals surface area contributed by atoms with Crippen molar-refractivity contribution in [2.45, 2.75) is 13.3 Å². The molecule has 0 atom stereocenters. The molecule has 1 aromatic carbocycles. The first-order valence-corrected chi connectivity index (χ1v) is 5.26. The lowest BCUT2D eigenvalue weighted by molar-refractivity contribution is -0.139. The normalized spacial score (nSPS) is 10.4. The first kappa shape index (κ1) is 12.2. The van der Waals surface area contributed by atoms with Crippen LogP contribution < -0.4 is 0 Å². The van der Waals surface area contributed by atoms with E-state index in [2.05, 4.69) is 14.9 Å². The number of aryl methyl sites for hydroxylation is 1. The maximum absolute atomic E-state index is 13.7. The Balaban J connectivity index is 2.27. The maximum atomic E-state index is 13.7. The smallest absolute Gasteiger partial charge is 0.310 e. The maximum Gasteiger partial charge on any atom is 0.310 e. The van der Waals surface area contributed by atoms with Crippen molar-refractivity contribution in [1.29, 1.82) is 0 Å². The number of benzene rings is 1. The molecule has 0 fully saturated rings. The number of esters is 1. The van der Waals surface area contributed by atoms with Crippen LogP contribution in [0.1, 0.15) is 11.5 Å². The minimum Gasteiger partial charge on any atom is -0.469 e. The Morgan fingerprint density at radius 3 is 2.83 bits per heavy atom. The van der Waals surface area contributed by atoms with Crippen LogP contribution >= 0.6 is 0 Å². The SMILES string of the molecule is COC(=O)Cc1ccc(-c2noc(C)n2)cc1F. The van der Waals surface area contributed by atoms with E-state index in [0.29, 0.717) is 17.3 Å². The van der Waals surface area contributed by atoms with Gasteiger partial charge in [0.1, 0.15) is 5.82 Å². The third kappa shape index (κ3) is 2.53. The molecular weight excluding hydrogens is 239 g/mol. The van der Waals surface area contributed by atoms with E-state index in [4.69, 9.17) is 4.52 Å². The molecule has 0 saturated carbocycles. The summed E-state index contributed by atoms with van der Waals surface area (Å²) in [7, 11) is 1.26. The minimum atomic E-state index is -0.500. The molecule has 2 rings (SSSR count). The van der Waals surface area contributed by atoms with Crippen molar-refractivity contribution >= 4 is 5.97 Å². The molecule has 0 aliphatic carbocycles. The number of carbonyl (C=O) groups is 1. The number of hydrogen-bond acceptors (Lipinski definition) is 5. The van der Waals surface area contributed by atoms with Crippen molar-refractivity contribution in [2.75, 3.05) is 7.11 Å². The van der Waals surface area contributed by atoms with Gasteiger partial charge in [0.2, 0.25) is 11.7 Å². The summed E-state index contributed by atoms with van der Waals surface area (Å²) < 4.78 is 23.0. The quantitative estimate of drug-likeness (QED) is 0.778. The molecule has 0 spiro atoms. The van der Waals surface area contributed by atoms with E-state index in [0.717, 1.165) is 0 Å². The highest BCUT2D eigenvalue weighted by atomic mass is 19.1. The third-order valence-electron chi connectivity index (χ3n) is 2.40. The molecule has 0 aliphatic rings. The lowest BCUT2D eigenvalue weighted by Gasteiger charge is -2.03. The molecule has 18 heavy (non-hydrogen) atoms. The van der Waals surface area contributed by atoms with Crippen LogP contribution in [0.15, 0.2) is 22.7 Å². The molecule has 0 saturated heterocycles. The molecule has 2 aromatic rings. The van der Waals surface area contributed by atoms with Gasteiger partial charge in [-0.25, -0.2) is 4.39 Å². The van der Waals surface area contributed by atoms with Crippen LogP contribution in [0.25, 0.3) is 11.4 Å². The summed E-state index contributed by atoms with van der Waals surface area (Å²) in [6.45, 7) is 1.65. The van der Waals surface area contributed by atoms with Gasteiger partial charge in [0.15, 0.2) is 0 Å². The lowest BCUT2D eigenvalue weighted by atomic mass is 10.1. The molecule has 0 N–H and O–H groups in total. The molecule has 0 radical (unpaired) electrons. The predicted molar refractivity (Wildman–Crippen MR) is 60.1 cm³/mol. The lowest BCUT2D eigenvalue weighted by Crippen LogP contribution is -2.06. The highest BCUT2D eigenvalue weighted by molar-refractivity contribution is 5.72. The first-order valence-electron chi connectivity index (χ1n) is 5.26. The fourth-order valence-corrected chi connectivity index (χ4v) is 1.47. The summed E-state index contributed by atoms with van der Waals surface area (Å²) in [6, 6.07) is 4.40. The van der Waals surface area contributed by atoms with Gasteiger partial charge in [-0.2, -0.15) is 4.98 Å². The van der Waals surface area contributed by atoms with Crippen LogP contribution in [0.3, 0.4) is 0 Å². The average molecular weight is 250 g/mol. The second kappa shape index (κ2) is 4.95. The zero-order chi connectivity index (χ0) is 13.1. The fraction of sp³-hybridized carbons (Fsp3) is 0.250. The Bertz CT molecular complexity index is 580. The van der Waals surface area contributed by atoms with Gasteiger partial charge >= 0.3 is 5.97 Å². The zero-order valence-electron chi connectivity index (χ0n) is 9.94. The van der Waals surface area contributed by atoms with Crippen LogP contribution in [-0.2, 0) is 16.0 Å². The Hall–Kier alpha value is -2.24. The average Bonchev–Trinajstić information content (AvgIpc) is 2.78. The van der Waals surface area contributed by atoms with E-state index in [1.54, 1.807) is 13.0 Å². The molecule has 94 valence electrons. The molecule has 0 unspecified atom stereocenters. The van der Waals surface area contributed by atoms with Gasteiger partial charge in [0.25, 0.3) is 0 Å². The fourth-order valence-electron chi connectivity index (χ4n) is 1.47. The van der Waals surface area contributed by atoms with Crippen LogP contribution in [-0.4, -0.2) is 23.2 Å². The van der Waals surface area contributed by atoms with Crippen LogP contribution in [0.5, 0.6) is 0 Å². The topological polar surface area (TPSA) is 65.2 Å². The standard InChI is InChI=1S/C12H11FN2O3/c1-7-14-12(15-18-7)9-4-3-8(10(13)5-9)6-11(16)17-2/h3-5H,6H2,1-2H3. The van der Waals surface area contributed by atoms with E-state index >= 15 is 0 Å². The number of ether oxygens (including phenoxy) is 1. The Morgan fingerprint density at radius 2 is 2.28 bits per heavy atom. The van der Waals surface area contributed by atoms with E-state index in [9.17, 15) is 9.18 Å². The van der Waals surface area contributed by atoms with Crippen molar-refractivity contribution in [3.05, 3.63) is 35.5 Å². The predicted octanol–water partition coefficient (Wildman–Crippen LogP) is 1.90. The van der Waals surface area contributed by atoms with E-state index < -0.39 is 11.8 Å². The van der Waals surface area contributed by atoms with Crippen molar-refractivity contribution < 1.29 is 18.4 Å². The van der Waals surface area contributed by atoms with Crippen molar-refractivity contribution in [1.82, 2.24) is 10.1 Å². The number of rotatable bonds is 3. The largest absolute Gasteiger partial charge is 0.469 e. The number of aromatic nitrogens is 2. The van der Waals surface area contributed by atoms with Gasteiger partial charge in [0, 0.05) is 12.5 Å². The Morgan fingerprint density at radius 1 is 1.50 bits per heavy atom. The van der Waals surface area contributed by atoms with Crippen LogP contribution in [0.4, 0.5) is 4.39 Å². The molecule has 6 heteroatoms. The molecule has 0 bridgehead atoms. The summed E-state index contributed by atoms with van der Waals surface area (Å²) in [4.78, 5) is 15.1. The summed E-state index contributed by atoms with van der Waals surface area (Å²) in [5.41, 5.74) is 0.767. The minimum absolute atomic E-state index is 0.103. The van der Waals surface area contributed by atoms with E-state index in [1.165, 1.54) is 19.2 Å². The van der Waals surface area contributed by atoms with Gasteiger partial charge in [-0.3, -0.25) is 4.79 Å². The molecule has 0 amide bonds. The Kier molecular flexibility index (Phi) is 3.36. The van der Waals surface area contributed by atoms with Gasteiger partial charge in [-0.05, 0) is 11.6 Å². The summed E-state index contributed by atoms with van der Waals surface area (Å²) >= 11 is 0. The number of methoxy groups -OCH3 is 1. The van der Waals surface area contributed by atoms with Crippen molar-refractivity contribution in [3.8, 4) is 11.4 Å². The Labute approximate surface area is 103 Å². The first-order chi connectivity index (χ1) is 8.60. The molecular formula is C12H11FN2O3. The van der Waals surface area contributed by atoms with Crippen LogP contribution in [0, 0.1) is 12.7 Å². The summed E-state index contributed by atoms with van der Waals surface area (Å²) in [5.74, 6) is -0.266. The summed E-state index contributed by atoms with van der Waals surface area (Å²) in [6.07, 6.45) is -0.103. The van der Waals surface area contributed by atoms with E-state index in [-0.39, 0.29) is 12.0 Å². The molecule has 0 aliphatic heterocycles. The van der Waals surface area contributed by atoms with Crippen molar-refractivity contribution in [3.63, 3.8) is 0 Å². The van der Waals surface area contributed by atoms with Crippen molar-refractivity contribution in [2.24, 2.45) is 0 Å². The third-order valence-corrected chi connectivity index (χ3v) is 2.40. The molecule has 5 nitrogen and oxygen atoms in total. The summed E-state index contributed by atoms with van der Waals surface area (Å²) in [5, 5.41) is 3.69. The number of halogens is 1. The van der Waals surface area contributed by atoms with E-state index in [1.807, 2.05) is 0 Å². The number of hydrogen-bond donors (Lipinski definition) is 0.